The Kier molecular flexibility index (Phi) is 6.21. The largest absolute Gasteiger partial charge is 0.376 e. The van der Waals surface area contributed by atoms with Gasteiger partial charge >= 0.3 is 0 Å². The quantitative estimate of drug-likeness (QED) is 0.542. The number of aromatic nitrogens is 2. The van der Waals surface area contributed by atoms with E-state index in [0.717, 1.165) is 31.4 Å². The number of thiocarbonyl (C=S) groups is 1. The van der Waals surface area contributed by atoms with Crippen molar-refractivity contribution in [3.8, 4) is 0 Å². The molecule has 2 aliphatic heterocycles. The van der Waals surface area contributed by atoms with E-state index in [1.54, 1.807) is 17.2 Å². The highest BCUT2D eigenvalue weighted by Crippen LogP contribution is 2.34. The third-order valence-electron chi connectivity index (χ3n) is 5.11. The molecule has 1 N–H and O–H groups in total. The average Bonchev–Trinajstić information content (AvgIpc) is 3.33. The number of pyridine rings is 1. The van der Waals surface area contributed by atoms with Crippen molar-refractivity contribution < 1.29 is 9.53 Å². The van der Waals surface area contributed by atoms with Gasteiger partial charge in [0.05, 0.1) is 23.1 Å². The number of thioether (sulfide) groups is 1. The van der Waals surface area contributed by atoms with Gasteiger partial charge in [0.15, 0.2) is 0 Å². The van der Waals surface area contributed by atoms with Crippen LogP contribution in [0.5, 0.6) is 0 Å². The molecule has 4 rings (SSSR count). The minimum atomic E-state index is -0.216. The standard InChI is InChI=1S/C21H24N4O3S2/c1-3-8-22-18-15(19(26)24-11-13(2)6-7-17(24)23-18)10-16-20(27)25(21(29)30-16)12-14-5-4-9-28-14/h6-7,10-11,14,22H,3-5,8-9,12H2,1-2H3. The third-order valence-corrected chi connectivity index (χ3v) is 6.48. The number of nitrogens with zero attached hydrogens (tertiary/aromatic N) is 3. The van der Waals surface area contributed by atoms with Crippen LogP contribution in [0.3, 0.4) is 0 Å². The van der Waals surface area contributed by atoms with Gasteiger partial charge in [-0.2, -0.15) is 0 Å². The topological polar surface area (TPSA) is 75.9 Å². The molecule has 1 unspecified atom stereocenters. The first kappa shape index (κ1) is 21.0. The molecular formula is C21H24N4O3S2. The van der Waals surface area contributed by atoms with Gasteiger partial charge in [0.25, 0.3) is 11.5 Å². The van der Waals surface area contributed by atoms with Gasteiger partial charge in [0.1, 0.15) is 15.8 Å². The summed E-state index contributed by atoms with van der Waals surface area (Å²) in [5.41, 5.74) is 1.66. The van der Waals surface area contributed by atoms with Crippen LogP contribution >= 0.6 is 24.0 Å². The van der Waals surface area contributed by atoms with Crippen molar-refractivity contribution in [1.29, 1.82) is 0 Å². The van der Waals surface area contributed by atoms with Crippen molar-refractivity contribution in [1.82, 2.24) is 14.3 Å². The first-order valence-electron chi connectivity index (χ1n) is 10.1. The van der Waals surface area contributed by atoms with Gasteiger partial charge < -0.3 is 10.1 Å². The minimum absolute atomic E-state index is 0.0181. The number of carbonyl (C=O) groups is 1. The van der Waals surface area contributed by atoms with Crippen LogP contribution in [0.1, 0.15) is 37.3 Å². The highest BCUT2D eigenvalue weighted by atomic mass is 32.2. The Hall–Kier alpha value is -2.23. The van der Waals surface area contributed by atoms with Gasteiger partial charge in [0, 0.05) is 19.3 Å². The highest BCUT2D eigenvalue weighted by Gasteiger charge is 2.35. The molecule has 2 fully saturated rings. The molecule has 2 aliphatic rings. The SMILES string of the molecule is CCCNc1nc2ccc(C)cn2c(=O)c1C=C1SC(=S)N(CC2CCCO2)C1=O. The summed E-state index contributed by atoms with van der Waals surface area (Å²) < 4.78 is 7.67. The summed E-state index contributed by atoms with van der Waals surface area (Å²) in [6, 6.07) is 3.74. The predicted molar refractivity (Wildman–Crippen MR) is 124 cm³/mol. The first-order valence-corrected chi connectivity index (χ1v) is 11.3. The number of anilines is 1. The predicted octanol–water partition coefficient (Wildman–Crippen LogP) is 3.21. The lowest BCUT2D eigenvalue weighted by Gasteiger charge is -2.18. The number of carbonyl (C=O) groups excluding carboxylic acids is 1. The number of rotatable bonds is 6. The van der Waals surface area contributed by atoms with Crippen molar-refractivity contribution in [2.75, 3.05) is 25.0 Å². The molecule has 0 bridgehead atoms. The summed E-state index contributed by atoms with van der Waals surface area (Å²) in [5.74, 6) is 0.297. The lowest BCUT2D eigenvalue weighted by Crippen LogP contribution is -2.35. The number of fused-ring (bicyclic) bond motifs is 1. The van der Waals surface area contributed by atoms with E-state index in [1.807, 2.05) is 26.0 Å². The molecule has 0 aromatic carbocycles. The zero-order valence-corrected chi connectivity index (χ0v) is 18.6. The number of ether oxygens (including phenoxy) is 1. The van der Waals surface area contributed by atoms with Crippen LogP contribution in [-0.2, 0) is 9.53 Å². The number of hydrogen-bond acceptors (Lipinski definition) is 7. The maximum absolute atomic E-state index is 13.3. The molecule has 30 heavy (non-hydrogen) atoms. The molecule has 2 saturated heterocycles. The fourth-order valence-corrected chi connectivity index (χ4v) is 4.80. The molecule has 0 saturated carbocycles. The molecule has 2 aromatic rings. The molecule has 9 heteroatoms. The van der Waals surface area contributed by atoms with Crippen LogP contribution in [0.25, 0.3) is 11.7 Å². The molecule has 7 nitrogen and oxygen atoms in total. The Balaban J connectivity index is 1.73. The highest BCUT2D eigenvalue weighted by molar-refractivity contribution is 8.26. The van der Waals surface area contributed by atoms with Crippen LogP contribution in [0.15, 0.2) is 28.0 Å². The Morgan fingerprint density at radius 3 is 2.97 bits per heavy atom. The third kappa shape index (κ3) is 4.14. The number of nitrogens with one attached hydrogen (secondary N) is 1. The first-order chi connectivity index (χ1) is 14.5. The zero-order chi connectivity index (χ0) is 21.3. The Bertz CT molecular complexity index is 1090. The van der Waals surface area contributed by atoms with Gasteiger partial charge in [-0.15, -0.1) is 0 Å². The normalized spacial score (nSPS) is 20.7. The van der Waals surface area contributed by atoms with E-state index >= 15 is 0 Å². The van der Waals surface area contributed by atoms with Crippen LogP contribution < -0.4 is 10.9 Å². The van der Waals surface area contributed by atoms with Gasteiger partial charge in [-0.25, -0.2) is 4.98 Å². The van der Waals surface area contributed by atoms with E-state index in [9.17, 15) is 9.59 Å². The average molecular weight is 445 g/mol. The van der Waals surface area contributed by atoms with Crippen molar-refractivity contribution in [2.45, 2.75) is 39.2 Å². The van der Waals surface area contributed by atoms with Gasteiger partial charge in [-0.1, -0.05) is 37.0 Å². The number of amides is 1. The Labute approximate surface area is 184 Å². The van der Waals surface area contributed by atoms with E-state index in [0.29, 0.717) is 39.3 Å². The summed E-state index contributed by atoms with van der Waals surface area (Å²) >= 11 is 6.65. The smallest absolute Gasteiger partial charge is 0.267 e. The summed E-state index contributed by atoms with van der Waals surface area (Å²) in [7, 11) is 0. The summed E-state index contributed by atoms with van der Waals surface area (Å²) in [6.45, 7) is 5.82. The minimum Gasteiger partial charge on any atom is -0.376 e. The van der Waals surface area contributed by atoms with Crippen LogP contribution in [0.2, 0.25) is 0 Å². The maximum atomic E-state index is 13.3. The van der Waals surface area contributed by atoms with Crippen molar-refractivity contribution in [2.24, 2.45) is 0 Å². The summed E-state index contributed by atoms with van der Waals surface area (Å²) in [6.07, 6.45) is 6.21. The maximum Gasteiger partial charge on any atom is 0.267 e. The molecule has 4 heterocycles. The second-order valence-electron chi connectivity index (χ2n) is 7.47. The fourth-order valence-electron chi connectivity index (χ4n) is 3.55. The molecule has 1 atom stereocenters. The molecule has 0 spiro atoms. The molecular weight excluding hydrogens is 420 g/mol. The van der Waals surface area contributed by atoms with E-state index in [4.69, 9.17) is 17.0 Å². The fraction of sp³-hybridized carbons (Fsp3) is 0.429. The van der Waals surface area contributed by atoms with Crippen LogP contribution in [0.4, 0.5) is 5.82 Å². The summed E-state index contributed by atoms with van der Waals surface area (Å²) in [5, 5.41) is 3.22. The molecule has 158 valence electrons. The molecule has 0 aliphatic carbocycles. The van der Waals surface area contributed by atoms with E-state index in [1.165, 1.54) is 16.2 Å². The zero-order valence-electron chi connectivity index (χ0n) is 17.0. The van der Waals surface area contributed by atoms with Crippen molar-refractivity contribution >= 4 is 51.7 Å². The van der Waals surface area contributed by atoms with Crippen LogP contribution in [-0.4, -0.2) is 50.3 Å². The lowest BCUT2D eigenvalue weighted by atomic mass is 10.2. The monoisotopic (exact) mass is 444 g/mol. The molecule has 0 radical (unpaired) electrons. The number of aryl methyl sites for hydroxylation is 1. The molecule has 1 amide bonds. The van der Waals surface area contributed by atoms with Crippen molar-refractivity contribution in [3.63, 3.8) is 0 Å². The van der Waals surface area contributed by atoms with Gasteiger partial charge in [-0.3, -0.25) is 18.9 Å². The lowest BCUT2D eigenvalue weighted by molar-refractivity contribution is -0.123. The second kappa shape index (κ2) is 8.87. The molecule has 2 aromatic heterocycles. The van der Waals surface area contributed by atoms with Gasteiger partial charge in [-0.05, 0) is 43.9 Å². The van der Waals surface area contributed by atoms with Crippen molar-refractivity contribution in [3.05, 3.63) is 44.7 Å². The van der Waals surface area contributed by atoms with Crippen LogP contribution in [0, 0.1) is 6.92 Å². The Morgan fingerprint density at radius 1 is 1.40 bits per heavy atom. The van der Waals surface area contributed by atoms with E-state index in [-0.39, 0.29) is 17.6 Å². The van der Waals surface area contributed by atoms with Gasteiger partial charge in [0.2, 0.25) is 0 Å². The van der Waals surface area contributed by atoms with E-state index < -0.39 is 0 Å². The number of hydrogen-bond donors (Lipinski definition) is 1. The summed E-state index contributed by atoms with van der Waals surface area (Å²) in [4.78, 5) is 32.9. The second-order valence-corrected chi connectivity index (χ2v) is 9.14. The Morgan fingerprint density at radius 2 is 2.23 bits per heavy atom. The van der Waals surface area contributed by atoms with E-state index in [2.05, 4.69) is 10.3 Å².